The first-order valence-corrected chi connectivity index (χ1v) is 9.43. The fourth-order valence-electron chi connectivity index (χ4n) is 3.68. The van der Waals surface area contributed by atoms with Crippen molar-refractivity contribution in [1.29, 1.82) is 0 Å². The molecule has 0 spiro atoms. The molecule has 0 bridgehead atoms. The van der Waals surface area contributed by atoms with E-state index < -0.39 is 0 Å². The number of benzene rings is 2. The first-order valence-electron chi connectivity index (χ1n) is 9.43. The van der Waals surface area contributed by atoms with Gasteiger partial charge in [0, 0.05) is 23.8 Å². The zero-order chi connectivity index (χ0) is 17.6. The van der Waals surface area contributed by atoms with Crippen molar-refractivity contribution in [1.82, 2.24) is 0 Å². The van der Waals surface area contributed by atoms with E-state index in [1.54, 1.807) is 0 Å². The van der Waals surface area contributed by atoms with Crippen LogP contribution in [-0.2, 0) is 4.79 Å². The van der Waals surface area contributed by atoms with Gasteiger partial charge < -0.3 is 10.2 Å². The average Bonchev–Trinajstić information content (AvgIpc) is 2.63. The summed E-state index contributed by atoms with van der Waals surface area (Å²) in [6.07, 6.45) is 4.73. The molecule has 3 nitrogen and oxygen atoms in total. The van der Waals surface area contributed by atoms with Crippen LogP contribution in [-0.4, -0.2) is 11.9 Å². The van der Waals surface area contributed by atoms with E-state index >= 15 is 0 Å². The molecular formula is C22H28N2O. The van der Waals surface area contributed by atoms with Crippen molar-refractivity contribution in [2.45, 2.75) is 58.0 Å². The highest BCUT2D eigenvalue weighted by Crippen LogP contribution is 2.39. The van der Waals surface area contributed by atoms with Gasteiger partial charge in [0.15, 0.2) is 0 Å². The first-order chi connectivity index (χ1) is 12.2. The van der Waals surface area contributed by atoms with Crippen molar-refractivity contribution in [3.05, 3.63) is 60.2 Å². The van der Waals surface area contributed by atoms with E-state index in [1.807, 2.05) is 35.2 Å². The third-order valence-electron chi connectivity index (χ3n) is 4.91. The van der Waals surface area contributed by atoms with Gasteiger partial charge in [0.1, 0.15) is 0 Å². The van der Waals surface area contributed by atoms with Gasteiger partial charge in [-0.05, 0) is 43.5 Å². The molecule has 2 unspecified atom stereocenters. The van der Waals surface area contributed by atoms with Crippen molar-refractivity contribution >= 4 is 17.3 Å². The topological polar surface area (TPSA) is 32.3 Å². The highest BCUT2D eigenvalue weighted by molar-refractivity contribution is 5.94. The molecule has 1 heterocycles. The van der Waals surface area contributed by atoms with E-state index in [0.29, 0.717) is 12.5 Å². The third kappa shape index (κ3) is 4.04. The number of amides is 1. The van der Waals surface area contributed by atoms with Crippen molar-refractivity contribution in [3.63, 3.8) is 0 Å². The summed E-state index contributed by atoms with van der Waals surface area (Å²) in [5.41, 5.74) is 3.36. The summed E-state index contributed by atoms with van der Waals surface area (Å²) < 4.78 is 0. The molecule has 3 rings (SSSR count). The predicted molar refractivity (Wildman–Crippen MR) is 105 cm³/mol. The van der Waals surface area contributed by atoms with Gasteiger partial charge in [-0.25, -0.2) is 0 Å². The van der Waals surface area contributed by atoms with Crippen LogP contribution in [0.15, 0.2) is 54.6 Å². The second-order valence-electron chi connectivity index (χ2n) is 6.94. The maximum absolute atomic E-state index is 13.1. The van der Waals surface area contributed by atoms with Gasteiger partial charge in [-0.15, -0.1) is 0 Å². The van der Waals surface area contributed by atoms with Crippen LogP contribution in [0.25, 0.3) is 0 Å². The Balaban J connectivity index is 1.96. The number of fused-ring (bicyclic) bond motifs is 1. The van der Waals surface area contributed by atoms with Gasteiger partial charge >= 0.3 is 0 Å². The van der Waals surface area contributed by atoms with E-state index in [1.165, 1.54) is 5.56 Å². The van der Waals surface area contributed by atoms with Crippen molar-refractivity contribution in [2.24, 2.45) is 0 Å². The Labute approximate surface area is 151 Å². The molecule has 3 heteroatoms. The van der Waals surface area contributed by atoms with Crippen LogP contribution in [0, 0.1) is 0 Å². The Bertz CT molecular complexity index is 698. The smallest absolute Gasteiger partial charge is 0.227 e. The number of rotatable bonds is 6. The molecule has 132 valence electrons. The number of para-hydroxylation sites is 2. The number of carbonyl (C=O) groups is 1. The molecule has 2 aromatic carbocycles. The lowest BCUT2D eigenvalue weighted by molar-refractivity contribution is -0.119. The van der Waals surface area contributed by atoms with Gasteiger partial charge in [-0.2, -0.15) is 0 Å². The standard InChI is InChI=1S/C22H28N2O/c1-3-4-6-15-22(25)24(18-11-7-5-8-12-18)21-16-17(2)23-20-14-10-9-13-19(20)21/h5,7-14,17,21,23H,3-4,6,15-16H2,1-2H3. The predicted octanol–water partition coefficient (Wildman–Crippen LogP) is 5.55. The Kier molecular flexibility index (Phi) is 5.75. The summed E-state index contributed by atoms with van der Waals surface area (Å²) in [4.78, 5) is 15.2. The summed E-state index contributed by atoms with van der Waals surface area (Å²) >= 11 is 0. The molecule has 0 saturated heterocycles. The molecule has 0 saturated carbocycles. The molecule has 0 aliphatic carbocycles. The number of hydrogen-bond donors (Lipinski definition) is 1. The maximum Gasteiger partial charge on any atom is 0.227 e. The molecule has 0 fully saturated rings. The number of nitrogens with one attached hydrogen (secondary N) is 1. The Hall–Kier alpha value is -2.29. The van der Waals surface area contributed by atoms with Gasteiger partial charge in [-0.1, -0.05) is 56.2 Å². The van der Waals surface area contributed by atoms with E-state index in [4.69, 9.17) is 0 Å². The lowest BCUT2D eigenvalue weighted by Gasteiger charge is -2.39. The summed E-state index contributed by atoms with van der Waals surface area (Å²) in [5.74, 6) is 0.230. The first kappa shape index (κ1) is 17.5. The van der Waals surface area contributed by atoms with Crippen molar-refractivity contribution in [3.8, 4) is 0 Å². The molecule has 25 heavy (non-hydrogen) atoms. The van der Waals surface area contributed by atoms with Crippen LogP contribution >= 0.6 is 0 Å². The second-order valence-corrected chi connectivity index (χ2v) is 6.94. The Morgan fingerprint density at radius 3 is 2.56 bits per heavy atom. The zero-order valence-electron chi connectivity index (χ0n) is 15.2. The Morgan fingerprint density at radius 2 is 1.80 bits per heavy atom. The monoisotopic (exact) mass is 336 g/mol. The molecule has 1 aliphatic heterocycles. The van der Waals surface area contributed by atoms with E-state index in [9.17, 15) is 4.79 Å². The highest BCUT2D eigenvalue weighted by Gasteiger charge is 2.32. The molecule has 2 atom stereocenters. The zero-order valence-corrected chi connectivity index (χ0v) is 15.2. The lowest BCUT2D eigenvalue weighted by Crippen LogP contribution is -2.40. The summed E-state index contributed by atoms with van der Waals surface area (Å²) in [5, 5.41) is 3.55. The lowest BCUT2D eigenvalue weighted by atomic mass is 9.91. The van der Waals surface area contributed by atoms with Gasteiger partial charge in [0.2, 0.25) is 5.91 Å². The third-order valence-corrected chi connectivity index (χ3v) is 4.91. The molecule has 0 radical (unpaired) electrons. The second kappa shape index (κ2) is 8.19. The average molecular weight is 336 g/mol. The maximum atomic E-state index is 13.1. The molecular weight excluding hydrogens is 308 g/mol. The summed E-state index contributed by atoms with van der Waals surface area (Å²) in [7, 11) is 0. The summed E-state index contributed by atoms with van der Waals surface area (Å²) in [6, 6.07) is 18.9. The van der Waals surface area contributed by atoms with Crippen LogP contribution in [0.2, 0.25) is 0 Å². The fourth-order valence-corrected chi connectivity index (χ4v) is 3.68. The summed E-state index contributed by atoms with van der Waals surface area (Å²) in [6.45, 7) is 4.36. The Morgan fingerprint density at radius 1 is 1.08 bits per heavy atom. The van der Waals surface area contributed by atoms with E-state index in [0.717, 1.165) is 37.1 Å². The highest BCUT2D eigenvalue weighted by atomic mass is 16.2. The minimum Gasteiger partial charge on any atom is -0.382 e. The largest absolute Gasteiger partial charge is 0.382 e. The minimum atomic E-state index is 0.0870. The van der Waals surface area contributed by atoms with Crippen LogP contribution in [0.4, 0.5) is 11.4 Å². The van der Waals surface area contributed by atoms with Crippen LogP contribution in [0.3, 0.4) is 0 Å². The molecule has 0 aromatic heterocycles. The SMILES string of the molecule is CCCCCC(=O)N(c1ccccc1)C1CC(C)Nc2ccccc21. The number of unbranched alkanes of at least 4 members (excludes halogenated alkanes) is 2. The van der Waals surface area contributed by atoms with Crippen molar-refractivity contribution in [2.75, 3.05) is 10.2 Å². The number of carbonyl (C=O) groups excluding carboxylic acids is 1. The quantitative estimate of drug-likeness (QED) is 0.702. The molecule has 2 aromatic rings. The van der Waals surface area contributed by atoms with Crippen LogP contribution < -0.4 is 10.2 Å². The number of anilines is 2. The molecule has 1 N–H and O–H groups in total. The molecule has 1 amide bonds. The minimum absolute atomic E-state index is 0.0870. The van der Waals surface area contributed by atoms with Crippen LogP contribution in [0.5, 0.6) is 0 Å². The van der Waals surface area contributed by atoms with Crippen LogP contribution in [0.1, 0.15) is 57.6 Å². The van der Waals surface area contributed by atoms with E-state index in [-0.39, 0.29) is 11.9 Å². The number of nitrogens with zero attached hydrogens (tertiary/aromatic N) is 1. The normalized spacial score (nSPS) is 19.0. The van der Waals surface area contributed by atoms with E-state index in [2.05, 4.69) is 43.4 Å². The fraction of sp³-hybridized carbons (Fsp3) is 0.409. The number of hydrogen-bond acceptors (Lipinski definition) is 2. The van der Waals surface area contributed by atoms with Gasteiger partial charge in [-0.3, -0.25) is 4.79 Å². The van der Waals surface area contributed by atoms with Gasteiger partial charge in [0.25, 0.3) is 0 Å². The van der Waals surface area contributed by atoms with Crippen molar-refractivity contribution < 1.29 is 4.79 Å². The molecule has 1 aliphatic rings. The van der Waals surface area contributed by atoms with Gasteiger partial charge in [0.05, 0.1) is 6.04 Å².